The molecule has 4 heteroatoms. The van der Waals surface area contributed by atoms with Crippen molar-refractivity contribution < 1.29 is 14.2 Å². The van der Waals surface area contributed by atoms with Crippen molar-refractivity contribution in [2.75, 3.05) is 19.8 Å². The summed E-state index contributed by atoms with van der Waals surface area (Å²) in [4.78, 5) is 0. The molecule has 4 nitrogen and oxygen atoms in total. The van der Waals surface area contributed by atoms with Gasteiger partial charge in [-0.15, -0.1) is 0 Å². The Labute approximate surface area is 208 Å². The highest BCUT2D eigenvalue weighted by molar-refractivity contribution is 4.90. The van der Waals surface area contributed by atoms with Gasteiger partial charge in [0.05, 0.1) is 30.0 Å². The molecule has 0 bridgehead atoms. The van der Waals surface area contributed by atoms with Crippen LogP contribution in [-0.2, 0) is 14.2 Å². The zero-order valence-electron chi connectivity index (χ0n) is 25.1. The number of rotatable bonds is 16. The average Bonchev–Trinajstić information content (AvgIpc) is 2.61. The molecule has 3 atom stereocenters. The Morgan fingerprint density at radius 1 is 0.697 bits per heavy atom. The van der Waals surface area contributed by atoms with Gasteiger partial charge in [0.25, 0.3) is 0 Å². The van der Waals surface area contributed by atoms with Gasteiger partial charge in [0.1, 0.15) is 0 Å². The maximum atomic E-state index is 6.49. The SMILES string of the molecule is CC(C)CC(C)(C)OCC(C)C(C)C(C)(C)OCCC(C)(C)C(C)(C)OCC(C)C(C)(C)N. The molecule has 200 valence electrons. The molecule has 0 spiro atoms. The molecule has 0 heterocycles. The predicted octanol–water partition coefficient (Wildman–Crippen LogP) is 7.48. The molecule has 0 aromatic heterocycles. The van der Waals surface area contributed by atoms with E-state index >= 15 is 0 Å². The zero-order chi connectivity index (χ0) is 26.5. The summed E-state index contributed by atoms with van der Waals surface area (Å²) in [7, 11) is 0. The first kappa shape index (κ1) is 32.8. The Bertz CT molecular complexity index is 558. The predicted molar refractivity (Wildman–Crippen MR) is 144 cm³/mol. The van der Waals surface area contributed by atoms with Crippen LogP contribution in [-0.4, -0.2) is 42.2 Å². The molecule has 0 saturated carbocycles. The summed E-state index contributed by atoms with van der Waals surface area (Å²) in [6.45, 7) is 35.3. The lowest BCUT2D eigenvalue weighted by Gasteiger charge is -2.44. The van der Waals surface area contributed by atoms with Crippen molar-refractivity contribution in [3.63, 3.8) is 0 Å². The third kappa shape index (κ3) is 11.4. The van der Waals surface area contributed by atoms with E-state index in [1.54, 1.807) is 0 Å². The standard InChI is InChI=1S/C29H61NO3/c1-21(2)18-26(8,9)32-19-22(3)24(5)28(12,13)31-17-16-25(6,7)29(14,15)33-20-23(4)27(10,11)30/h21-24H,16-20,30H2,1-15H3. The summed E-state index contributed by atoms with van der Waals surface area (Å²) in [5, 5.41) is 0. The Morgan fingerprint density at radius 3 is 1.67 bits per heavy atom. The molecule has 0 aromatic rings. The van der Waals surface area contributed by atoms with Gasteiger partial charge in [-0.25, -0.2) is 0 Å². The highest BCUT2D eigenvalue weighted by Gasteiger charge is 2.40. The lowest BCUT2D eigenvalue weighted by atomic mass is 9.74. The van der Waals surface area contributed by atoms with Gasteiger partial charge >= 0.3 is 0 Å². The summed E-state index contributed by atoms with van der Waals surface area (Å²) in [5.41, 5.74) is 5.41. The lowest BCUT2D eigenvalue weighted by Crippen LogP contribution is -2.47. The first-order chi connectivity index (χ1) is 14.5. The van der Waals surface area contributed by atoms with Gasteiger partial charge in [-0.05, 0) is 97.3 Å². The number of nitrogens with two attached hydrogens (primary N) is 1. The minimum Gasteiger partial charge on any atom is -0.375 e. The van der Waals surface area contributed by atoms with E-state index in [-0.39, 0.29) is 33.7 Å². The van der Waals surface area contributed by atoms with E-state index < -0.39 is 0 Å². The van der Waals surface area contributed by atoms with Crippen LogP contribution in [0.3, 0.4) is 0 Å². The molecule has 0 aromatic carbocycles. The van der Waals surface area contributed by atoms with Gasteiger partial charge in [0.15, 0.2) is 0 Å². The van der Waals surface area contributed by atoms with Crippen LogP contribution in [0.15, 0.2) is 0 Å². The average molecular weight is 472 g/mol. The van der Waals surface area contributed by atoms with Gasteiger partial charge in [0, 0.05) is 12.1 Å². The van der Waals surface area contributed by atoms with Gasteiger partial charge in [-0.2, -0.15) is 0 Å². The van der Waals surface area contributed by atoms with Gasteiger partial charge in [-0.1, -0.05) is 48.5 Å². The fourth-order valence-corrected chi connectivity index (χ4v) is 3.97. The molecule has 0 saturated heterocycles. The number of ether oxygens (including phenoxy) is 3. The smallest absolute Gasteiger partial charge is 0.0678 e. The summed E-state index contributed by atoms with van der Waals surface area (Å²) in [6.07, 6.45) is 2.01. The quantitative estimate of drug-likeness (QED) is 0.253. The molecular weight excluding hydrogens is 410 g/mol. The summed E-state index contributed by atoms with van der Waals surface area (Å²) in [5.74, 6) is 1.72. The molecule has 0 amide bonds. The second-order valence-electron chi connectivity index (χ2n) is 14.1. The van der Waals surface area contributed by atoms with Gasteiger partial charge in [-0.3, -0.25) is 0 Å². The second kappa shape index (κ2) is 12.2. The molecule has 0 radical (unpaired) electrons. The highest BCUT2D eigenvalue weighted by Crippen LogP contribution is 2.39. The Hall–Kier alpha value is -0.160. The van der Waals surface area contributed by atoms with Crippen LogP contribution < -0.4 is 5.73 Å². The maximum Gasteiger partial charge on any atom is 0.0678 e. The topological polar surface area (TPSA) is 53.7 Å². The normalized spacial score (nSPS) is 17.4. The first-order valence-electron chi connectivity index (χ1n) is 13.2. The van der Waals surface area contributed by atoms with Crippen LogP contribution in [0.25, 0.3) is 0 Å². The summed E-state index contributed by atoms with van der Waals surface area (Å²) >= 11 is 0. The molecule has 33 heavy (non-hydrogen) atoms. The number of hydrogen-bond acceptors (Lipinski definition) is 4. The van der Waals surface area contributed by atoms with E-state index in [1.807, 2.05) is 0 Å². The molecule has 0 rings (SSSR count). The van der Waals surface area contributed by atoms with Crippen LogP contribution in [0.1, 0.15) is 117 Å². The summed E-state index contributed by atoms with van der Waals surface area (Å²) in [6, 6.07) is 0. The highest BCUT2D eigenvalue weighted by atomic mass is 16.5. The zero-order valence-corrected chi connectivity index (χ0v) is 25.1. The van der Waals surface area contributed by atoms with Crippen LogP contribution in [0, 0.1) is 29.1 Å². The van der Waals surface area contributed by atoms with Crippen molar-refractivity contribution in [3.8, 4) is 0 Å². The van der Waals surface area contributed by atoms with Crippen molar-refractivity contribution in [3.05, 3.63) is 0 Å². The van der Waals surface area contributed by atoms with Crippen LogP contribution in [0.2, 0.25) is 0 Å². The third-order valence-electron chi connectivity index (χ3n) is 8.38. The first-order valence-corrected chi connectivity index (χ1v) is 13.2. The van der Waals surface area contributed by atoms with E-state index in [9.17, 15) is 0 Å². The lowest BCUT2D eigenvalue weighted by molar-refractivity contribution is -0.137. The maximum absolute atomic E-state index is 6.49. The molecule has 0 fully saturated rings. The third-order valence-corrected chi connectivity index (χ3v) is 8.38. The van der Waals surface area contributed by atoms with Crippen molar-refractivity contribution in [1.82, 2.24) is 0 Å². The van der Waals surface area contributed by atoms with Gasteiger partial charge < -0.3 is 19.9 Å². The molecular formula is C29H61NO3. The monoisotopic (exact) mass is 471 g/mol. The second-order valence-corrected chi connectivity index (χ2v) is 14.1. The largest absolute Gasteiger partial charge is 0.375 e. The minimum atomic E-state index is -0.269. The molecule has 3 unspecified atom stereocenters. The molecule has 0 aliphatic heterocycles. The van der Waals surface area contributed by atoms with Gasteiger partial charge in [0.2, 0.25) is 0 Å². The van der Waals surface area contributed by atoms with E-state index in [1.165, 1.54) is 0 Å². The van der Waals surface area contributed by atoms with E-state index in [4.69, 9.17) is 19.9 Å². The van der Waals surface area contributed by atoms with Crippen molar-refractivity contribution in [2.45, 2.75) is 139 Å². The Balaban J connectivity index is 4.81. The minimum absolute atomic E-state index is 0.0274. The van der Waals surface area contributed by atoms with E-state index in [0.717, 1.165) is 19.4 Å². The fourth-order valence-electron chi connectivity index (χ4n) is 3.97. The van der Waals surface area contributed by atoms with Crippen molar-refractivity contribution in [1.29, 1.82) is 0 Å². The molecule has 0 aliphatic carbocycles. The van der Waals surface area contributed by atoms with Crippen molar-refractivity contribution >= 4 is 0 Å². The van der Waals surface area contributed by atoms with E-state index in [0.29, 0.717) is 31.0 Å². The van der Waals surface area contributed by atoms with E-state index in [2.05, 4.69) is 104 Å². The Kier molecular flexibility index (Phi) is 12.1. The van der Waals surface area contributed by atoms with Crippen LogP contribution in [0.5, 0.6) is 0 Å². The van der Waals surface area contributed by atoms with Crippen LogP contribution in [0.4, 0.5) is 0 Å². The Morgan fingerprint density at radius 2 is 1.21 bits per heavy atom. The number of hydrogen-bond donors (Lipinski definition) is 1. The van der Waals surface area contributed by atoms with Crippen molar-refractivity contribution in [2.24, 2.45) is 34.8 Å². The molecule has 0 aliphatic rings. The summed E-state index contributed by atoms with van der Waals surface area (Å²) < 4.78 is 19.2. The molecule has 2 N–H and O–H groups in total. The fraction of sp³-hybridized carbons (Fsp3) is 1.00. The van der Waals surface area contributed by atoms with Crippen LogP contribution >= 0.6 is 0 Å².